The number of aromatic nitrogens is 2. The Morgan fingerprint density at radius 1 is 1.50 bits per heavy atom. The third-order valence-electron chi connectivity index (χ3n) is 3.15. The molecule has 0 radical (unpaired) electrons. The van der Waals surface area contributed by atoms with E-state index in [1.807, 2.05) is 6.92 Å². The van der Waals surface area contributed by atoms with Gasteiger partial charge in [0.25, 0.3) is 0 Å². The molecule has 0 amide bonds. The lowest BCUT2D eigenvalue weighted by atomic mass is 10.3. The highest BCUT2D eigenvalue weighted by atomic mass is 32.1. The molecule has 2 fully saturated rings. The van der Waals surface area contributed by atoms with Gasteiger partial charge in [-0.3, -0.25) is 0 Å². The van der Waals surface area contributed by atoms with Gasteiger partial charge in [-0.25, -0.2) is 4.98 Å². The molecule has 5 heteroatoms. The van der Waals surface area contributed by atoms with E-state index >= 15 is 0 Å². The number of nitrogens with one attached hydrogen (secondary N) is 1. The topological polar surface area (TPSA) is 47.0 Å². The summed E-state index contributed by atoms with van der Waals surface area (Å²) in [5.74, 6) is 3.30. The second-order valence-electron chi connectivity index (χ2n) is 4.06. The normalized spacial score (nSPS) is 34.2. The maximum atomic E-state index is 5.34. The predicted octanol–water partition coefficient (Wildman–Crippen LogP) is 1.15. The lowest BCUT2D eigenvalue weighted by Crippen LogP contribution is -2.09. The second kappa shape index (κ2) is 3.17. The van der Waals surface area contributed by atoms with Gasteiger partial charge in [0.1, 0.15) is 5.82 Å². The van der Waals surface area contributed by atoms with E-state index < -0.39 is 0 Å². The van der Waals surface area contributed by atoms with E-state index in [4.69, 9.17) is 4.74 Å². The average molecular weight is 211 g/mol. The zero-order chi connectivity index (χ0) is 9.54. The van der Waals surface area contributed by atoms with Crippen molar-refractivity contribution in [2.24, 2.45) is 17.8 Å². The number of ether oxygens (including phenoxy) is 1. The van der Waals surface area contributed by atoms with Crippen LogP contribution in [0, 0.1) is 24.7 Å². The van der Waals surface area contributed by atoms with Crippen molar-refractivity contribution in [1.29, 1.82) is 0 Å². The van der Waals surface area contributed by atoms with E-state index in [0.717, 1.165) is 48.5 Å². The molecule has 1 aliphatic heterocycles. The Morgan fingerprint density at radius 2 is 2.29 bits per heavy atom. The lowest BCUT2D eigenvalue weighted by molar-refractivity contribution is 0.153. The van der Waals surface area contributed by atoms with Crippen LogP contribution in [-0.2, 0) is 4.74 Å². The van der Waals surface area contributed by atoms with E-state index in [9.17, 15) is 0 Å². The van der Waals surface area contributed by atoms with E-state index in [-0.39, 0.29) is 0 Å². The number of rotatable bonds is 3. The number of aryl methyl sites for hydroxylation is 1. The molecule has 76 valence electrons. The van der Waals surface area contributed by atoms with Crippen LogP contribution in [-0.4, -0.2) is 29.1 Å². The smallest absolute Gasteiger partial charge is 0.202 e. The van der Waals surface area contributed by atoms with Gasteiger partial charge in [-0.15, -0.1) is 0 Å². The molecular weight excluding hydrogens is 198 g/mol. The highest BCUT2D eigenvalue weighted by Gasteiger charge is 2.53. The molecule has 1 saturated carbocycles. The Bertz CT molecular complexity index is 331. The van der Waals surface area contributed by atoms with Crippen molar-refractivity contribution < 1.29 is 4.74 Å². The van der Waals surface area contributed by atoms with Gasteiger partial charge in [-0.2, -0.15) is 4.37 Å². The largest absolute Gasteiger partial charge is 0.381 e. The van der Waals surface area contributed by atoms with Gasteiger partial charge in [0, 0.05) is 18.1 Å². The first-order chi connectivity index (χ1) is 6.84. The van der Waals surface area contributed by atoms with Crippen LogP contribution in [0.4, 0.5) is 5.13 Å². The summed E-state index contributed by atoms with van der Waals surface area (Å²) in [6.45, 7) is 4.88. The minimum atomic E-state index is 0.813. The van der Waals surface area contributed by atoms with Crippen molar-refractivity contribution in [3.05, 3.63) is 5.82 Å². The van der Waals surface area contributed by atoms with Crippen molar-refractivity contribution >= 4 is 16.7 Å². The number of fused-ring (bicyclic) bond motifs is 1. The van der Waals surface area contributed by atoms with Crippen molar-refractivity contribution in [3.63, 3.8) is 0 Å². The number of nitrogens with zero attached hydrogens (tertiary/aromatic N) is 2. The molecule has 1 aliphatic carbocycles. The van der Waals surface area contributed by atoms with Gasteiger partial charge in [0.05, 0.1) is 13.2 Å². The molecule has 2 aliphatic rings. The van der Waals surface area contributed by atoms with Gasteiger partial charge < -0.3 is 10.1 Å². The summed E-state index contributed by atoms with van der Waals surface area (Å²) in [5.41, 5.74) is 0. The van der Waals surface area contributed by atoms with Crippen LogP contribution in [0.5, 0.6) is 0 Å². The minimum Gasteiger partial charge on any atom is -0.381 e. The monoisotopic (exact) mass is 211 g/mol. The van der Waals surface area contributed by atoms with Crippen LogP contribution in [0.15, 0.2) is 0 Å². The van der Waals surface area contributed by atoms with Gasteiger partial charge in [-0.05, 0) is 24.7 Å². The molecule has 1 N–H and O–H groups in total. The van der Waals surface area contributed by atoms with E-state index in [1.54, 1.807) is 0 Å². The molecule has 0 bridgehead atoms. The molecule has 2 atom stereocenters. The van der Waals surface area contributed by atoms with Crippen molar-refractivity contribution in [3.8, 4) is 0 Å². The van der Waals surface area contributed by atoms with E-state index in [1.165, 1.54) is 11.5 Å². The maximum Gasteiger partial charge on any atom is 0.202 e. The van der Waals surface area contributed by atoms with Gasteiger partial charge in [0.2, 0.25) is 5.13 Å². The molecule has 14 heavy (non-hydrogen) atoms. The first kappa shape index (κ1) is 8.61. The molecular formula is C9H13N3OS. The lowest BCUT2D eigenvalue weighted by Gasteiger charge is -2.04. The second-order valence-corrected chi connectivity index (χ2v) is 4.81. The van der Waals surface area contributed by atoms with E-state index in [0.29, 0.717) is 0 Å². The molecule has 0 aromatic carbocycles. The van der Waals surface area contributed by atoms with Crippen LogP contribution in [0.25, 0.3) is 0 Å². The number of anilines is 1. The highest BCUT2D eigenvalue weighted by molar-refractivity contribution is 7.09. The fourth-order valence-corrected chi connectivity index (χ4v) is 2.82. The molecule has 2 heterocycles. The van der Waals surface area contributed by atoms with Gasteiger partial charge in [-0.1, -0.05) is 0 Å². The molecule has 1 aromatic heterocycles. The first-order valence-corrected chi connectivity index (χ1v) is 5.74. The summed E-state index contributed by atoms with van der Waals surface area (Å²) >= 11 is 1.44. The van der Waals surface area contributed by atoms with Crippen LogP contribution < -0.4 is 5.32 Å². The van der Waals surface area contributed by atoms with Crippen molar-refractivity contribution in [1.82, 2.24) is 9.36 Å². The summed E-state index contributed by atoms with van der Waals surface area (Å²) in [6, 6.07) is 0. The Kier molecular flexibility index (Phi) is 1.95. The summed E-state index contributed by atoms with van der Waals surface area (Å²) in [5, 5.41) is 4.30. The Balaban J connectivity index is 1.51. The zero-order valence-electron chi connectivity index (χ0n) is 8.06. The highest BCUT2D eigenvalue weighted by Crippen LogP contribution is 2.50. The molecule has 4 nitrogen and oxygen atoms in total. The predicted molar refractivity (Wildman–Crippen MR) is 54.4 cm³/mol. The quantitative estimate of drug-likeness (QED) is 0.814. The summed E-state index contributed by atoms with van der Waals surface area (Å²) < 4.78 is 9.47. The first-order valence-electron chi connectivity index (χ1n) is 4.96. The van der Waals surface area contributed by atoms with Crippen molar-refractivity contribution in [2.45, 2.75) is 6.92 Å². The molecule has 2 unspecified atom stereocenters. The standard InChI is InChI=1S/C9H13N3OS/c1-5-11-9(14-12-5)10-2-6-7-3-13-4-8(6)7/h6-8H,2-4H2,1H3,(H,10,11,12). The van der Waals surface area contributed by atoms with E-state index in [2.05, 4.69) is 14.7 Å². The van der Waals surface area contributed by atoms with Crippen LogP contribution >= 0.6 is 11.5 Å². The Hall–Kier alpha value is -0.680. The summed E-state index contributed by atoms with van der Waals surface area (Å²) in [4.78, 5) is 4.27. The van der Waals surface area contributed by atoms with Gasteiger partial charge in [0.15, 0.2) is 0 Å². The molecule has 0 spiro atoms. The number of hydrogen-bond acceptors (Lipinski definition) is 5. The minimum absolute atomic E-state index is 0.813. The molecule has 3 rings (SSSR count). The summed E-state index contributed by atoms with van der Waals surface area (Å²) in [7, 11) is 0. The average Bonchev–Trinajstić information content (AvgIpc) is 2.59. The Labute approximate surface area is 86.9 Å². The van der Waals surface area contributed by atoms with Crippen LogP contribution in [0.1, 0.15) is 5.82 Å². The Morgan fingerprint density at radius 3 is 2.93 bits per heavy atom. The fourth-order valence-electron chi connectivity index (χ4n) is 2.24. The fraction of sp³-hybridized carbons (Fsp3) is 0.778. The number of hydrogen-bond donors (Lipinski definition) is 1. The zero-order valence-corrected chi connectivity index (χ0v) is 8.88. The SMILES string of the molecule is Cc1nsc(NCC2C3COCC23)n1. The molecule has 1 saturated heterocycles. The maximum absolute atomic E-state index is 5.34. The van der Waals surface area contributed by atoms with Gasteiger partial charge >= 0.3 is 0 Å². The third-order valence-corrected chi connectivity index (χ3v) is 3.91. The molecule has 1 aromatic rings. The van der Waals surface area contributed by atoms with Crippen molar-refractivity contribution in [2.75, 3.05) is 25.1 Å². The third kappa shape index (κ3) is 1.40. The van der Waals surface area contributed by atoms with Crippen LogP contribution in [0.3, 0.4) is 0 Å². The van der Waals surface area contributed by atoms with Crippen LogP contribution in [0.2, 0.25) is 0 Å². The summed E-state index contributed by atoms with van der Waals surface area (Å²) in [6.07, 6.45) is 0.